The van der Waals surface area contributed by atoms with Gasteiger partial charge in [0, 0.05) is 26.2 Å². The Balaban J connectivity index is 2.86. The fourth-order valence-electron chi connectivity index (χ4n) is 1.90. The predicted octanol–water partition coefficient (Wildman–Crippen LogP) is 0.481. The van der Waals surface area contributed by atoms with Gasteiger partial charge in [-0.2, -0.15) is 0 Å². The Kier molecular flexibility index (Phi) is 4.41. The molecule has 1 saturated heterocycles. The molecule has 0 aromatic carbocycles. The molecule has 1 aliphatic rings. The Morgan fingerprint density at radius 2 is 2.06 bits per heavy atom. The van der Waals surface area contributed by atoms with Gasteiger partial charge < -0.3 is 10.2 Å². The zero-order valence-corrected chi connectivity index (χ0v) is 12.0. The SMILES string of the molecule is CCN=C(NCC)N1CCS(=O)(=O)C(C)(C)C1. The molecule has 1 aliphatic heterocycles. The predicted molar refractivity (Wildman–Crippen MR) is 71.1 cm³/mol. The van der Waals surface area contributed by atoms with E-state index in [-0.39, 0.29) is 5.75 Å². The molecule has 1 heterocycles. The summed E-state index contributed by atoms with van der Waals surface area (Å²) < 4.78 is 23.1. The molecule has 17 heavy (non-hydrogen) atoms. The molecule has 1 rings (SSSR count). The molecular formula is C11H23N3O2S. The Morgan fingerprint density at radius 3 is 2.53 bits per heavy atom. The number of hydrogen-bond donors (Lipinski definition) is 1. The maximum absolute atomic E-state index is 11.9. The normalized spacial score (nSPS) is 23.5. The molecule has 0 unspecified atom stereocenters. The Labute approximate surface area is 104 Å². The van der Waals surface area contributed by atoms with Gasteiger partial charge in [-0.05, 0) is 27.7 Å². The van der Waals surface area contributed by atoms with Gasteiger partial charge in [-0.15, -0.1) is 0 Å². The molecule has 0 bridgehead atoms. The first-order chi connectivity index (χ1) is 7.84. The largest absolute Gasteiger partial charge is 0.357 e. The minimum absolute atomic E-state index is 0.203. The highest BCUT2D eigenvalue weighted by Crippen LogP contribution is 2.23. The summed E-state index contributed by atoms with van der Waals surface area (Å²) in [6, 6.07) is 0. The molecule has 1 fully saturated rings. The average Bonchev–Trinajstić information content (AvgIpc) is 2.22. The van der Waals surface area contributed by atoms with Crippen LogP contribution in [0.25, 0.3) is 0 Å². The first-order valence-corrected chi connectivity index (χ1v) is 7.75. The van der Waals surface area contributed by atoms with E-state index in [9.17, 15) is 8.42 Å². The van der Waals surface area contributed by atoms with Crippen LogP contribution in [-0.2, 0) is 9.84 Å². The average molecular weight is 261 g/mol. The van der Waals surface area contributed by atoms with Crippen molar-refractivity contribution in [3.8, 4) is 0 Å². The van der Waals surface area contributed by atoms with Crippen LogP contribution >= 0.6 is 0 Å². The molecule has 0 aromatic rings. The summed E-state index contributed by atoms with van der Waals surface area (Å²) in [5, 5.41) is 3.20. The minimum Gasteiger partial charge on any atom is -0.357 e. The number of nitrogens with zero attached hydrogens (tertiary/aromatic N) is 2. The maximum atomic E-state index is 11.9. The first-order valence-electron chi connectivity index (χ1n) is 6.09. The van der Waals surface area contributed by atoms with Crippen LogP contribution in [0.5, 0.6) is 0 Å². The van der Waals surface area contributed by atoms with Crippen LogP contribution < -0.4 is 5.32 Å². The van der Waals surface area contributed by atoms with E-state index in [0.29, 0.717) is 19.6 Å². The van der Waals surface area contributed by atoms with E-state index in [4.69, 9.17) is 0 Å². The van der Waals surface area contributed by atoms with Crippen molar-refractivity contribution < 1.29 is 8.42 Å². The molecule has 0 aromatic heterocycles. The van der Waals surface area contributed by atoms with Gasteiger partial charge in [0.05, 0.1) is 10.5 Å². The van der Waals surface area contributed by atoms with Gasteiger partial charge in [0.2, 0.25) is 0 Å². The van der Waals surface area contributed by atoms with E-state index in [0.717, 1.165) is 12.5 Å². The van der Waals surface area contributed by atoms with Crippen LogP contribution in [0.2, 0.25) is 0 Å². The van der Waals surface area contributed by atoms with Gasteiger partial charge in [0.1, 0.15) is 0 Å². The summed E-state index contributed by atoms with van der Waals surface area (Å²) >= 11 is 0. The maximum Gasteiger partial charge on any atom is 0.193 e. The smallest absolute Gasteiger partial charge is 0.193 e. The van der Waals surface area contributed by atoms with E-state index in [1.165, 1.54) is 0 Å². The third kappa shape index (κ3) is 3.12. The molecular weight excluding hydrogens is 238 g/mol. The molecule has 0 amide bonds. The topological polar surface area (TPSA) is 61.8 Å². The van der Waals surface area contributed by atoms with Crippen molar-refractivity contribution in [3.63, 3.8) is 0 Å². The van der Waals surface area contributed by atoms with Crippen molar-refractivity contribution in [2.45, 2.75) is 32.4 Å². The summed E-state index contributed by atoms with van der Waals surface area (Å²) in [6.45, 7) is 10.1. The van der Waals surface area contributed by atoms with E-state index < -0.39 is 14.6 Å². The summed E-state index contributed by atoms with van der Waals surface area (Å²) in [5.41, 5.74) is 0. The third-order valence-electron chi connectivity index (χ3n) is 2.99. The molecule has 0 atom stereocenters. The van der Waals surface area contributed by atoms with Crippen molar-refractivity contribution >= 4 is 15.8 Å². The van der Waals surface area contributed by atoms with Gasteiger partial charge in [-0.3, -0.25) is 4.99 Å². The zero-order chi connectivity index (χ0) is 13.1. The molecule has 100 valence electrons. The summed E-state index contributed by atoms with van der Waals surface area (Å²) in [7, 11) is -2.98. The molecule has 0 aliphatic carbocycles. The van der Waals surface area contributed by atoms with Crippen LogP contribution in [-0.4, -0.2) is 56.0 Å². The quantitative estimate of drug-likeness (QED) is 0.580. The van der Waals surface area contributed by atoms with Gasteiger partial charge in [-0.25, -0.2) is 8.42 Å². The van der Waals surface area contributed by atoms with Gasteiger partial charge in [0.25, 0.3) is 0 Å². The van der Waals surface area contributed by atoms with Crippen molar-refractivity contribution in [2.24, 2.45) is 4.99 Å². The highest BCUT2D eigenvalue weighted by Gasteiger charge is 2.40. The highest BCUT2D eigenvalue weighted by atomic mass is 32.2. The number of guanidine groups is 1. The number of aliphatic imine (C=N–C) groups is 1. The lowest BCUT2D eigenvalue weighted by Gasteiger charge is -2.39. The molecule has 0 radical (unpaired) electrons. The van der Waals surface area contributed by atoms with Crippen molar-refractivity contribution in [3.05, 3.63) is 0 Å². The monoisotopic (exact) mass is 261 g/mol. The zero-order valence-electron chi connectivity index (χ0n) is 11.2. The number of nitrogens with one attached hydrogen (secondary N) is 1. The highest BCUT2D eigenvalue weighted by molar-refractivity contribution is 7.92. The Morgan fingerprint density at radius 1 is 1.41 bits per heavy atom. The molecule has 0 spiro atoms. The fourth-order valence-corrected chi connectivity index (χ4v) is 3.27. The van der Waals surface area contributed by atoms with Crippen molar-refractivity contribution in [2.75, 3.05) is 31.9 Å². The molecule has 5 nitrogen and oxygen atoms in total. The lowest BCUT2D eigenvalue weighted by molar-refractivity contribution is 0.353. The molecule has 1 N–H and O–H groups in total. The van der Waals surface area contributed by atoms with E-state index >= 15 is 0 Å². The van der Waals surface area contributed by atoms with E-state index in [2.05, 4.69) is 10.3 Å². The Hall–Kier alpha value is -0.780. The molecule has 0 saturated carbocycles. The minimum atomic E-state index is -2.98. The van der Waals surface area contributed by atoms with Crippen molar-refractivity contribution in [1.82, 2.24) is 10.2 Å². The number of sulfone groups is 1. The second-order valence-electron chi connectivity index (χ2n) is 4.83. The third-order valence-corrected chi connectivity index (χ3v) is 5.52. The summed E-state index contributed by atoms with van der Waals surface area (Å²) in [5.74, 6) is 1.02. The summed E-state index contributed by atoms with van der Waals surface area (Å²) in [6.07, 6.45) is 0. The number of rotatable bonds is 2. The van der Waals surface area contributed by atoms with Gasteiger partial charge in [-0.1, -0.05) is 0 Å². The molecule has 6 heteroatoms. The van der Waals surface area contributed by atoms with Gasteiger partial charge in [0.15, 0.2) is 15.8 Å². The van der Waals surface area contributed by atoms with E-state index in [1.807, 2.05) is 18.7 Å². The van der Waals surface area contributed by atoms with Crippen LogP contribution in [0, 0.1) is 0 Å². The second kappa shape index (κ2) is 5.25. The fraction of sp³-hybridized carbons (Fsp3) is 0.909. The van der Waals surface area contributed by atoms with Crippen LogP contribution in [0.1, 0.15) is 27.7 Å². The Bertz CT molecular complexity index is 388. The summed E-state index contributed by atoms with van der Waals surface area (Å²) in [4.78, 5) is 6.42. The van der Waals surface area contributed by atoms with Crippen molar-refractivity contribution in [1.29, 1.82) is 0 Å². The lowest BCUT2D eigenvalue weighted by Crippen LogP contribution is -2.57. The van der Waals surface area contributed by atoms with Crippen LogP contribution in [0.15, 0.2) is 4.99 Å². The number of hydrogen-bond acceptors (Lipinski definition) is 3. The first kappa shape index (κ1) is 14.3. The second-order valence-corrected chi connectivity index (χ2v) is 7.57. The van der Waals surface area contributed by atoms with Gasteiger partial charge >= 0.3 is 0 Å². The standard InChI is InChI=1S/C11H23N3O2S/c1-5-12-10(13-6-2)14-7-8-17(15,16)11(3,4)9-14/h5-9H2,1-4H3,(H,12,13). The van der Waals surface area contributed by atoms with Crippen LogP contribution in [0.4, 0.5) is 0 Å². The van der Waals surface area contributed by atoms with Crippen LogP contribution in [0.3, 0.4) is 0 Å². The lowest BCUT2D eigenvalue weighted by atomic mass is 10.2. The van der Waals surface area contributed by atoms with E-state index in [1.54, 1.807) is 13.8 Å².